The lowest BCUT2D eigenvalue weighted by molar-refractivity contribution is -0.135. The fourth-order valence-corrected chi connectivity index (χ4v) is 3.20. The third-order valence-corrected chi connectivity index (χ3v) is 4.11. The highest BCUT2D eigenvalue weighted by molar-refractivity contribution is 5.79. The summed E-state index contributed by atoms with van der Waals surface area (Å²) in [4.78, 5) is 16.2. The zero-order valence-corrected chi connectivity index (χ0v) is 10.8. The van der Waals surface area contributed by atoms with Crippen LogP contribution in [0.5, 0.6) is 0 Å². The molecule has 0 aromatic heterocycles. The molecule has 1 N–H and O–H groups in total. The Balaban J connectivity index is 2.09. The Morgan fingerprint density at radius 2 is 2.12 bits per heavy atom. The summed E-state index contributed by atoms with van der Waals surface area (Å²) in [5.41, 5.74) is 0.0151. The number of nitrogens with zero attached hydrogens (tertiary/aromatic N) is 2. The van der Waals surface area contributed by atoms with Gasteiger partial charge in [0.25, 0.3) is 0 Å². The van der Waals surface area contributed by atoms with Crippen molar-refractivity contribution in [1.82, 2.24) is 15.1 Å². The molecule has 0 radical (unpaired) electrons. The van der Waals surface area contributed by atoms with Crippen LogP contribution in [0.3, 0.4) is 0 Å². The van der Waals surface area contributed by atoms with E-state index in [4.69, 9.17) is 0 Å². The van der Waals surface area contributed by atoms with E-state index in [0.717, 1.165) is 19.6 Å². The van der Waals surface area contributed by atoms with Crippen LogP contribution in [0.2, 0.25) is 0 Å². The quantitative estimate of drug-likeness (QED) is 0.719. The SMILES string of the molecule is CN(C)CC(=O)N1CC2CNCC2C1(C)C. The van der Waals surface area contributed by atoms with Crippen LogP contribution >= 0.6 is 0 Å². The average Bonchev–Trinajstić information content (AvgIpc) is 2.67. The number of likely N-dealkylation sites (N-methyl/N-ethyl adjacent to an activating group) is 1. The van der Waals surface area contributed by atoms with Gasteiger partial charge in [-0.15, -0.1) is 0 Å². The molecule has 0 saturated carbocycles. The molecule has 0 bridgehead atoms. The molecule has 2 aliphatic rings. The molecule has 0 aromatic carbocycles. The van der Waals surface area contributed by atoms with Gasteiger partial charge in [0.15, 0.2) is 0 Å². The van der Waals surface area contributed by atoms with E-state index in [2.05, 4.69) is 24.1 Å². The second-order valence-corrected chi connectivity index (χ2v) is 5.92. The van der Waals surface area contributed by atoms with E-state index in [1.54, 1.807) is 0 Å². The van der Waals surface area contributed by atoms with Crippen LogP contribution in [-0.2, 0) is 4.79 Å². The second kappa shape index (κ2) is 4.00. The van der Waals surface area contributed by atoms with Crippen LogP contribution in [0.1, 0.15) is 13.8 Å². The van der Waals surface area contributed by atoms with Crippen molar-refractivity contribution < 1.29 is 4.79 Å². The maximum Gasteiger partial charge on any atom is 0.237 e. The van der Waals surface area contributed by atoms with Gasteiger partial charge in [-0.25, -0.2) is 0 Å². The number of hydrogen-bond donors (Lipinski definition) is 1. The van der Waals surface area contributed by atoms with Gasteiger partial charge in [0, 0.05) is 25.2 Å². The molecule has 2 atom stereocenters. The lowest BCUT2D eigenvalue weighted by atomic mass is 9.85. The molecule has 2 fully saturated rings. The standard InChI is InChI=1S/C12H23N3O/c1-12(2)10-6-13-5-9(10)7-15(12)11(16)8-14(3)4/h9-10,13H,5-8H2,1-4H3. The molecule has 0 aliphatic carbocycles. The minimum Gasteiger partial charge on any atom is -0.336 e. The van der Waals surface area contributed by atoms with E-state index < -0.39 is 0 Å². The lowest BCUT2D eigenvalue weighted by Crippen LogP contribution is -2.50. The first-order valence-corrected chi connectivity index (χ1v) is 6.09. The molecule has 4 heteroatoms. The minimum absolute atomic E-state index is 0.0151. The van der Waals surface area contributed by atoms with Crippen molar-refractivity contribution >= 4 is 5.91 Å². The zero-order valence-electron chi connectivity index (χ0n) is 10.8. The van der Waals surface area contributed by atoms with Crippen LogP contribution in [0, 0.1) is 11.8 Å². The van der Waals surface area contributed by atoms with Crippen LogP contribution in [-0.4, -0.2) is 61.5 Å². The first-order chi connectivity index (χ1) is 7.43. The van der Waals surface area contributed by atoms with Gasteiger partial charge >= 0.3 is 0 Å². The molecule has 0 spiro atoms. The van der Waals surface area contributed by atoms with E-state index in [1.807, 2.05) is 19.0 Å². The number of likely N-dealkylation sites (tertiary alicyclic amines) is 1. The summed E-state index contributed by atoms with van der Waals surface area (Å²) in [6, 6.07) is 0. The highest BCUT2D eigenvalue weighted by Gasteiger charge is 2.50. The lowest BCUT2D eigenvalue weighted by Gasteiger charge is -2.36. The van der Waals surface area contributed by atoms with Gasteiger partial charge < -0.3 is 15.1 Å². The van der Waals surface area contributed by atoms with Crippen molar-refractivity contribution in [1.29, 1.82) is 0 Å². The van der Waals surface area contributed by atoms with Crippen molar-refractivity contribution in [2.45, 2.75) is 19.4 Å². The predicted octanol–water partition coefficient (Wildman–Crippen LogP) is 0.00440. The number of carbonyl (C=O) groups excluding carboxylic acids is 1. The third kappa shape index (κ3) is 1.84. The predicted molar refractivity (Wildman–Crippen MR) is 64.2 cm³/mol. The second-order valence-electron chi connectivity index (χ2n) is 5.92. The summed E-state index contributed by atoms with van der Waals surface area (Å²) in [5.74, 6) is 1.55. The normalized spacial score (nSPS) is 32.2. The number of hydrogen-bond acceptors (Lipinski definition) is 3. The monoisotopic (exact) mass is 225 g/mol. The van der Waals surface area contributed by atoms with E-state index in [-0.39, 0.29) is 11.4 Å². The topological polar surface area (TPSA) is 35.6 Å². The molecule has 2 aliphatic heterocycles. The van der Waals surface area contributed by atoms with Crippen molar-refractivity contribution in [3.05, 3.63) is 0 Å². The van der Waals surface area contributed by atoms with Gasteiger partial charge in [-0.2, -0.15) is 0 Å². The third-order valence-electron chi connectivity index (χ3n) is 4.11. The Labute approximate surface area is 98.0 Å². The molecule has 1 amide bonds. The molecule has 2 saturated heterocycles. The van der Waals surface area contributed by atoms with Crippen molar-refractivity contribution in [2.75, 3.05) is 40.3 Å². The summed E-state index contributed by atoms with van der Waals surface area (Å²) in [5, 5.41) is 3.43. The number of rotatable bonds is 2. The Kier molecular flexibility index (Phi) is 2.97. The largest absolute Gasteiger partial charge is 0.336 e. The fraction of sp³-hybridized carbons (Fsp3) is 0.917. The van der Waals surface area contributed by atoms with Gasteiger partial charge in [0.2, 0.25) is 5.91 Å². The Hall–Kier alpha value is -0.610. The molecule has 16 heavy (non-hydrogen) atoms. The van der Waals surface area contributed by atoms with Gasteiger partial charge in [0.1, 0.15) is 0 Å². The molecule has 2 heterocycles. The molecular weight excluding hydrogens is 202 g/mol. The molecular formula is C12H23N3O. The minimum atomic E-state index is 0.0151. The maximum absolute atomic E-state index is 12.2. The van der Waals surface area contributed by atoms with E-state index in [9.17, 15) is 4.79 Å². The summed E-state index contributed by atoms with van der Waals surface area (Å²) >= 11 is 0. The molecule has 0 aromatic rings. The molecule has 2 unspecified atom stereocenters. The summed E-state index contributed by atoms with van der Waals surface area (Å²) in [6.45, 7) is 7.99. The Morgan fingerprint density at radius 3 is 2.69 bits per heavy atom. The van der Waals surface area contributed by atoms with Crippen LogP contribution in [0.25, 0.3) is 0 Å². The number of amides is 1. The highest BCUT2D eigenvalue weighted by atomic mass is 16.2. The zero-order chi connectivity index (χ0) is 11.9. The van der Waals surface area contributed by atoms with E-state index >= 15 is 0 Å². The van der Waals surface area contributed by atoms with Crippen molar-refractivity contribution in [2.24, 2.45) is 11.8 Å². The van der Waals surface area contributed by atoms with Gasteiger partial charge in [0.05, 0.1) is 6.54 Å². The average molecular weight is 225 g/mol. The van der Waals surface area contributed by atoms with Crippen molar-refractivity contribution in [3.63, 3.8) is 0 Å². The van der Waals surface area contributed by atoms with E-state index in [1.165, 1.54) is 0 Å². The van der Waals surface area contributed by atoms with E-state index in [0.29, 0.717) is 18.4 Å². The van der Waals surface area contributed by atoms with Crippen LogP contribution in [0.15, 0.2) is 0 Å². The molecule has 2 rings (SSSR count). The van der Waals surface area contributed by atoms with Gasteiger partial charge in [-0.1, -0.05) is 0 Å². The number of fused-ring (bicyclic) bond motifs is 1. The van der Waals surface area contributed by atoms with Crippen molar-refractivity contribution in [3.8, 4) is 0 Å². The number of carbonyl (C=O) groups is 1. The highest BCUT2D eigenvalue weighted by Crippen LogP contribution is 2.40. The van der Waals surface area contributed by atoms with Gasteiger partial charge in [-0.3, -0.25) is 4.79 Å². The smallest absolute Gasteiger partial charge is 0.237 e. The van der Waals surface area contributed by atoms with Crippen LogP contribution in [0.4, 0.5) is 0 Å². The molecule has 4 nitrogen and oxygen atoms in total. The van der Waals surface area contributed by atoms with Gasteiger partial charge in [-0.05, 0) is 39.8 Å². The first kappa shape index (κ1) is 11.9. The maximum atomic E-state index is 12.2. The number of nitrogens with one attached hydrogen (secondary N) is 1. The summed E-state index contributed by atoms with van der Waals surface area (Å²) in [6.07, 6.45) is 0. The first-order valence-electron chi connectivity index (χ1n) is 6.09. The molecule has 92 valence electrons. The summed E-state index contributed by atoms with van der Waals surface area (Å²) < 4.78 is 0. The Morgan fingerprint density at radius 1 is 1.44 bits per heavy atom. The summed E-state index contributed by atoms with van der Waals surface area (Å²) in [7, 11) is 3.90. The Bertz CT molecular complexity index is 288. The van der Waals surface area contributed by atoms with Crippen LogP contribution < -0.4 is 5.32 Å². The fourth-order valence-electron chi connectivity index (χ4n) is 3.20.